The van der Waals surface area contributed by atoms with Crippen molar-refractivity contribution in [1.82, 2.24) is 0 Å². The van der Waals surface area contributed by atoms with Gasteiger partial charge in [-0.15, -0.1) is 0 Å². The van der Waals surface area contributed by atoms with E-state index in [4.69, 9.17) is 0 Å². The number of carbonyl (C=O) groups is 1. The molecule has 0 aromatic heterocycles. The highest BCUT2D eigenvalue weighted by Gasteiger charge is 2.66. The van der Waals surface area contributed by atoms with E-state index in [9.17, 15) is 9.90 Å². The van der Waals surface area contributed by atoms with Gasteiger partial charge in [-0.05, 0) is 54.6 Å². The first-order chi connectivity index (χ1) is 7.77. The van der Waals surface area contributed by atoms with E-state index in [1.165, 1.54) is 0 Å². The average Bonchev–Trinajstić information content (AvgIpc) is 2.66. The summed E-state index contributed by atoms with van der Waals surface area (Å²) in [5.41, 5.74) is 0.626. The van der Waals surface area contributed by atoms with Crippen LogP contribution >= 0.6 is 0 Å². The number of hydrogen-bond acceptors (Lipinski definition) is 2. The Kier molecular flexibility index (Phi) is 2.04. The van der Waals surface area contributed by atoms with Gasteiger partial charge < -0.3 is 5.11 Å². The standard InChI is InChI=1S/C15H22O2/c1-8-11(16)7-10-12(8)13-9(14(13,2)3)5-6-15(10,4)17/h7-9,12-13,17H,5-6H2,1-4H3/t8-,9+,12-,13+,15-/m0/s1. The molecule has 3 rings (SSSR count). The summed E-state index contributed by atoms with van der Waals surface area (Å²) < 4.78 is 0. The highest BCUT2D eigenvalue weighted by molar-refractivity contribution is 5.96. The summed E-state index contributed by atoms with van der Waals surface area (Å²) in [5, 5.41) is 10.5. The van der Waals surface area contributed by atoms with Crippen molar-refractivity contribution in [2.24, 2.45) is 29.1 Å². The van der Waals surface area contributed by atoms with Gasteiger partial charge in [-0.2, -0.15) is 0 Å². The Morgan fingerprint density at radius 2 is 2.00 bits per heavy atom. The summed E-state index contributed by atoms with van der Waals surface area (Å²) in [5.74, 6) is 1.87. The van der Waals surface area contributed by atoms with E-state index in [1.54, 1.807) is 6.08 Å². The van der Waals surface area contributed by atoms with E-state index >= 15 is 0 Å². The second-order valence-corrected chi connectivity index (χ2v) is 7.08. The van der Waals surface area contributed by atoms with Crippen LogP contribution in [0.25, 0.3) is 0 Å². The van der Waals surface area contributed by atoms with E-state index in [-0.39, 0.29) is 11.7 Å². The van der Waals surface area contributed by atoms with Crippen molar-refractivity contribution in [3.05, 3.63) is 11.6 Å². The third-order valence-electron chi connectivity index (χ3n) is 5.73. The van der Waals surface area contributed by atoms with Crippen LogP contribution < -0.4 is 0 Å². The molecular weight excluding hydrogens is 212 g/mol. The number of carbonyl (C=O) groups excluding carboxylic acids is 1. The topological polar surface area (TPSA) is 37.3 Å². The smallest absolute Gasteiger partial charge is 0.159 e. The molecule has 0 aromatic rings. The fourth-order valence-corrected chi connectivity index (χ4v) is 4.48. The molecule has 2 nitrogen and oxygen atoms in total. The molecule has 0 aliphatic heterocycles. The molecule has 2 saturated carbocycles. The van der Waals surface area contributed by atoms with Crippen LogP contribution in [-0.4, -0.2) is 16.5 Å². The number of rotatable bonds is 0. The normalized spacial score (nSPS) is 51.4. The number of aliphatic hydroxyl groups is 1. The Hall–Kier alpha value is -0.630. The molecule has 2 fully saturated rings. The van der Waals surface area contributed by atoms with Crippen molar-refractivity contribution in [1.29, 1.82) is 0 Å². The lowest BCUT2D eigenvalue weighted by Gasteiger charge is -2.30. The summed E-state index contributed by atoms with van der Waals surface area (Å²) in [4.78, 5) is 11.9. The number of ketones is 1. The number of fused-ring (bicyclic) bond motifs is 3. The molecule has 3 aliphatic carbocycles. The third kappa shape index (κ3) is 1.33. The fraction of sp³-hybridized carbons (Fsp3) is 0.800. The third-order valence-corrected chi connectivity index (χ3v) is 5.73. The number of allylic oxidation sites excluding steroid dienone is 1. The maximum absolute atomic E-state index is 11.9. The lowest BCUT2D eigenvalue weighted by molar-refractivity contribution is -0.118. The zero-order valence-corrected chi connectivity index (χ0v) is 11.2. The van der Waals surface area contributed by atoms with Crippen LogP contribution in [0.1, 0.15) is 40.5 Å². The number of hydrogen-bond donors (Lipinski definition) is 1. The predicted molar refractivity (Wildman–Crippen MR) is 66.4 cm³/mol. The molecule has 17 heavy (non-hydrogen) atoms. The fourth-order valence-electron chi connectivity index (χ4n) is 4.48. The van der Waals surface area contributed by atoms with Crippen LogP contribution in [0, 0.1) is 29.1 Å². The van der Waals surface area contributed by atoms with Gasteiger partial charge >= 0.3 is 0 Å². The SMILES string of the molecule is C[C@H]1C(=O)C=C2[C@H]1[C@H]1[C@@H](CC[C@]2(C)O)C1(C)C. The molecule has 3 aliphatic rings. The zero-order chi connectivity index (χ0) is 12.6. The summed E-state index contributed by atoms with van der Waals surface area (Å²) in [6.07, 6.45) is 3.64. The van der Waals surface area contributed by atoms with Crippen molar-refractivity contribution in [3.8, 4) is 0 Å². The first-order valence-corrected chi connectivity index (χ1v) is 6.75. The van der Waals surface area contributed by atoms with Crippen molar-refractivity contribution < 1.29 is 9.90 Å². The van der Waals surface area contributed by atoms with Crippen LogP contribution in [-0.2, 0) is 4.79 Å². The van der Waals surface area contributed by atoms with Gasteiger partial charge in [0.1, 0.15) is 0 Å². The summed E-state index contributed by atoms with van der Waals surface area (Å²) >= 11 is 0. The molecule has 5 atom stereocenters. The maximum atomic E-state index is 11.9. The van der Waals surface area contributed by atoms with E-state index in [0.29, 0.717) is 23.2 Å². The van der Waals surface area contributed by atoms with Crippen molar-refractivity contribution in [3.63, 3.8) is 0 Å². The Morgan fingerprint density at radius 1 is 1.35 bits per heavy atom. The molecular formula is C15H22O2. The highest BCUT2D eigenvalue weighted by Crippen LogP contribution is 2.69. The minimum Gasteiger partial charge on any atom is -0.386 e. The molecule has 94 valence electrons. The van der Waals surface area contributed by atoms with Crippen molar-refractivity contribution in [2.75, 3.05) is 0 Å². The molecule has 0 amide bonds. The van der Waals surface area contributed by atoms with E-state index in [0.717, 1.165) is 18.4 Å². The largest absolute Gasteiger partial charge is 0.386 e. The second-order valence-electron chi connectivity index (χ2n) is 7.08. The molecule has 1 N–H and O–H groups in total. The minimum absolute atomic E-state index is 0.0730. The van der Waals surface area contributed by atoms with Gasteiger partial charge in [0.15, 0.2) is 5.78 Å². The van der Waals surface area contributed by atoms with Crippen LogP contribution in [0.15, 0.2) is 11.6 Å². The minimum atomic E-state index is -0.755. The van der Waals surface area contributed by atoms with Crippen LogP contribution in [0.3, 0.4) is 0 Å². The predicted octanol–water partition coefficient (Wildman–Crippen LogP) is 2.56. The van der Waals surface area contributed by atoms with Crippen molar-refractivity contribution in [2.45, 2.75) is 46.1 Å². The Bertz CT molecular complexity index is 417. The summed E-state index contributed by atoms with van der Waals surface area (Å²) in [6, 6.07) is 0. The molecule has 0 unspecified atom stereocenters. The monoisotopic (exact) mass is 234 g/mol. The Balaban J connectivity index is 2.05. The molecule has 0 saturated heterocycles. The van der Waals surface area contributed by atoms with Gasteiger partial charge in [-0.3, -0.25) is 4.79 Å². The molecule has 0 bridgehead atoms. The molecule has 0 spiro atoms. The van der Waals surface area contributed by atoms with Gasteiger partial charge in [0.2, 0.25) is 0 Å². The molecule has 0 radical (unpaired) electrons. The molecule has 0 aromatic carbocycles. The Morgan fingerprint density at radius 3 is 2.65 bits per heavy atom. The molecule has 0 heterocycles. The quantitative estimate of drug-likeness (QED) is 0.699. The maximum Gasteiger partial charge on any atom is 0.159 e. The Labute approximate surface area is 103 Å². The lowest BCUT2D eigenvalue weighted by Crippen LogP contribution is -2.31. The summed E-state index contributed by atoms with van der Waals surface area (Å²) in [6.45, 7) is 8.54. The van der Waals surface area contributed by atoms with Gasteiger partial charge in [-0.1, -0.05) is 20.8 Å². The lowest BCUT2D eigenvalue weighted by atomic mass is 9.78. The second kappa shape index (κ2) is 3.03. The zero-order valence-electron chi connectivity index (χ0n) is 11.2. The van der Waals surface area contributed by atoms with Crippen LogP contribution in [0.5, 0.6) is 0 Å². The van der Waals surface area contributed by atoms with E-state index < -0.39 is 5.60 Å². The van der Waals surface area contributed by atoms with Gasteiger partial charge in [0.25, 0.3) is 0 Å². The van der Waals surface area contributed by atoms with Crippen LogP contribution in [0.4, 0.5) is 0 Å². The van der Waals surface area contributed by atoms with E-state index in [1.807, 2.05) is 13.8 Å². The highest BCUT2D eigenvalue weighted by atomic mass is 16.3. The van der Waals surface area contributed by atoms with Gasteiger partial charge in [0.05, 0.1) is 5.60 Å². The average molecular weight is 234 g/mol. The summed E-state index contributed by atoms with van der Waals surface area (Å²) in [7, 11) is 0. The first kappa shape index (κ1) is 11.5. The first-order valence-electron chi connectivity index (χ1n) is 6.75. The van der Waals surface area contributed by atoms with Gasteiger partial charge in [0, 0.05) is 5.92 Å². The van der Waals surface area contributed by atoms with Crippen LogP contribution in [0.2, 0.25) is 0 Å². The van der Waals surface area contributed by atoms with Gasteiger partial charge in [-0.25, -0.2) is 0 Å². The van der Waals surface area contributed by atoms with E-state index in [2.05, 4.69) is 13.8 Å². The van der Waals surface area contributed by atoms with Crippen molar-refractivity contribution >= 4 is 5.78 Å². The molecule has 2 heteroatoms.